The zero-order valence-corrected chi connectivity index (χ0v) is 7.94. The van der Waals surface area contributed by atoms with Crippen LogP contribution in [0.3, 0.4) is 0 Å². The van der Waals surface area contributed by atoms with Gasteiger partial charge in [-0.15, -0.1) is 0 Å². The smallest absolute Gasteiger partial charge is 0.154 e. The molecule has 14 heavy (non-hydrogen) atoms. The van der Waals surface area contributed by atoms with Crippen molar-refractivity contribution in [1.29, 1.82) is 10.5 Å². The van der Waals surface area contributed by atoms with Gasteiger partial charge in [-0.2, -0.15) is 15.6 Å². The van der Waals surface area contributed by atoms with Crippen LogP contribution in [0, 0.1) is 29.6 Å². The molecule has 0 unspecified atom stereocenters. The van der Waals surface area contributed by atoms with Crippen LogP contribution in [0.5, 0.6) is 0 Å². The van der Waals surface area contributed by atoms with Crippen LogP contribution in [-0.4, -0.2) is 9.78 Å². The number of allylic oxidation sites excluding steroid dienone is 1. The van der Waals surface area contributed by atoms with Gasteiger partial charge < -0.3 is 5.32 Å². The summed E-state index contributed by atoms with van der Waals surface area (Å²) in [6.07, 6.45) is 3.18. The van der Waals surface area contributed by atoms with E-state index >= 15 is 0 Å². The molecule has 1 heterocycles. The first-order valence-electron chi connectivity index (χ1n) is 3.94. The number of nitriles is 2. The van der Waals surface area contributed by atoms with Crippen molar-refractivity contribution in [2.24, 2.45) is 7.05 Å². The van der Waals surface area contributed by atoms with E-state index in [9.17, 15) is 0 Å². The Morgan fingerprint density at radius 1 is 1.57 bits per heavy atom. The first kappa shape index (κ1) is 9.82. The molecule has 0 saturated heterocycles. The highest BCUT2D eigenvalue weighted by molar-refractivity contribution is 5.48. The van der Waals surface area contributed by atoms with Gasteiger partial charge in [0.25, 0.3) is 0 Å². The molecule has 5 heteroatoms. The van der Waals surface area contributed by atoms with Crippen LogP contribution in [0.15, 0.2) is 18.0 Å². The molecule has 5 nitrogen and oxygen atoms in total. The molecule has 0 aliphatic carbocycles. The van der Waals surface area contributed by atoms with Gasteiger partial charge in [0, 0.05) is 25.0 Å². The molecule has 0 saturated carbocycles. The summed E-state index contributed by atoms with van der Waals surface area (Å²) in [5.41, 5.74) is 0.981. The van der Waals surface area contributed by atoms with Crippen LogP contribution in [0.25, 0.3) is 0 Å². The quantitative estimate of drug-likeness (QED) is 0.702. The van der Waals surface area contributed by atoms with Crippen molar-refractivity contribution in [3.05, 3.63) is 23.5 Å². The van der Waals surface area contributed by atoms with E-state index in [0.717, 1.165) is 5.56 Å². The zero-order chi connectivity index (χ0) is 10.6. The van der Waals surface area contributed by atoms with E-state index in [0.29, 0.717) is 5.82 Å². The van der Waals surface area contributed by atoms with Crippen molar-refractivity contribution in [1.82, 2.24) is 9.78 Å². The predicted molar refractivity (Wildman–Crippen MR) is 50.9 cm³/mol. The van der Waals surface area contributed by atoms with Gasteiger partial charge in [-0.1, -0.05) is 0 Å². The van der Waals surface area contributed by atoms with Crippen molar-refractivity contribution < 1.29 is 0 Å². The minimum absolute atomic E-state index is 0.0232. The van der Waals surface area contributed by atoms with E-state index in [1.807, 2.05) is 13.1 Å². The second kappa shape index (κ2) is 4.11. The monoisotopic (exact) mass is 187 g/mol. The fourth-order valence-corrected chi connectivity index (χ4v) is 0.980. The molecule has 0 fully saturated rings. The van der Waals surface area contributed by atoms with E-state index in [-0.39, 0.29) is 5.57 Å². The van der Waals surface area contributed by atoms with Crippen LogP contribution >= 0.6 is 0 Å². The SMILES string of the molecule is Cc1cn(C)nc1NC=C(C#N)C#N. The normalized spacial score (nSPS) is 8.57. The predicted octanol–water partition coefficient (Wildman–Crippen LogP) is 1.07. The molecular formula is C9H9N5. The van der Waals surface area contributed by atoms with E-state index in [1.54, 1.807) is 23.9 Å². The Kier molecular flexibility index (Phi) is 2.88. The average Bonchev–Trinajstić information content (AvgIpc) is 2.47. The molecule has 0 aromatic carbocycles. The number of hydrogen-bond donors (Lipinski definition) is 1. The molecule has 0 spiro atoms. The first-order valence-corrected chi connectivity index (χ1v) is 3.94. The van der Waals surface area contributed by atoms with Crippen molar-refractivity contribution in [2.75, 3.05) is 5.32 Å². The summed E-state index contributed by atoms with van der Waals surface area (Å²) in [7, 11) is 1.80. The summed E-state index contributed by atoms with van der Waals surface area (Å²) in [4.78, 5) is 0. The molecule has 1 rings (SSSR count). The van der Waals surface area contributed by atoms with Crippen molar-refractivity contribution in [2.45, 2.75) is 6.92 Å². The lowest BCUT2D eigenvalue weighted by molar-refractivity contribution is 0.770. The third-order valence-electron chi connectivity index (χ3n) is 1.61. The molecule has 0 bridgehead atoms. The number of nitrogens with zero attached hydrogens (tertiary/aromatic N) is 4. The van der Waals surface area contributed by atoms with Gasteiger partial charge in [0.2, 0.25) is 0 Å². The van der Waals surface area contributed by atoms with E-state index in [1.165, 1.54) is 6.20 Å². The van der Waals surface area contributed by atoms with Gasteiger partial charge in [-0.05, 0) is 6.92 Å². The summed E-state index contributed by atoms with van der Waals surface area (Å²) in [5.74, 6) is 0.649. The van der Waals surface area contributed by atoms with Crippen LogP contribution in [0.2, 0.25) is 0 Å². The van der Waals surface area contributed by atoms with Crippen molar-refractivity contribution in [3.8, 4) is 12.1 Å². The van der Waals surface area contributed by atoms with Crippen LogP contribution in [-0.2, 0) is 7.05 Å². The molecule has 0 atom stereocenters. The van der Waals surface area contributed by atoms with Gasteiger partial charge in [0.15, 0.2) is 5.82 Å². The first-order chi connectivity index (χ1) is 6.67. The maximum atomic E-state index is 8.47. The summed E-state index contributed by atoms with van der Waals surface area (Å²) in [6, 6.07) is 3.50. The highest BCUT2D eigenvalue weighted by atomic mass is 15.3. The molecule has 70 valence electrons. The molecule has 1 N–H and O–H groups in total. The van der Waals surface area contributed by atoms with Gasteiger partial charge in [0.1, 0.15) is 17.7 Å². The van der Waals surface area contributed by atoms with Gasteiger partial charge in [0.05, 0.1) is 0 Å². The van der Waals surface area contributed by atoms with Crippen molar-refractivity contribution in [3.63, 3.8) is 0 Å². The number of aryl methyl sites for hydroxylation is 2. The number of aromatic nitrogens is 2. The molecule has 0 amide bonds. The lowest BCUT2D eigenvalue weighted by Gasteiger charge is -1.94. The maximum Gasteiger partial charge on any atom is 0.154 e. The third-order valence-corrected chi connectivity index (χ3v) is 1.61. The molecular weight excluding hydrogens is 178 g/mol. The Morgan fingerprint density at radius 2 is 2.21 bits per heavy atom. The van der Waals surface area contributed by atoms with Gasteiger partial charge >= 0.3 is 0 Å². The largest absolute Gasteiger partial charge is 0.343 e. The summed E-state index contributed by atoms with van der Waals surface area (Å²) in [6.45, 7) is 1.89. The lowest BCUT2D eigenvalue weighted by Crippen LogP contribution is -1.94. The minimum atomic E-state index is 0.0232. The minimum Gasteiger partial charge on any atom is -0.343 e. The average molecular weight is 187 g/mol. The summed E-state index contributed by atoms with van der Waals surface area (Å²) in [5, 5.41) is 23.8. The van der Waals surface area contributed by atoms with E-state index in [2.05, 4.69) is 10.4 Å². The number of rotatable bonds is 2. The standard InChI is InChI=1S/C9H9N5/c1-7-6-14(2)13-9(7)12-5-8(3-10)4-11/h5-6H,1-2H3,(H,12,13). The Labute approximate surface area is 81.9 Å². The summed E-state index contributed by atoms with van der Waals surface area (Å²) < 4.78 is 1.66. The second-order valence-corrected chi connectivity index (χ2v) is 2.76. The molecule has 0 aliphatic rings. The third kappa shape index (κ3) is 2.11. The fraction of sp³-hybridized carbons (Fsp3) is 0.222. The molecule has 0 aliphatic heterocycles. The number of nitrogens with one attached hydrogen (secondary N) is 1. The van der Waals surface area contributed by atoms with Gasteiger partial charge in [-0.25, -0.2) is 0 Å². The van der Waals surface area contributed by atoms with E-state index < -0.39 is 0 Å². The lowest BCUT2D eigenvalue weighted by atomic mass is 10.3. The van der Waals surface area contributed by atoms with Crippen LogP contribution < -0.4 is 5.32 Å². The Balaban J connectivity index is 2.82. The Morgan fingerprint density at radius 3 is 2.64 bits per heavy atom. The summed E-state index contributed by atoms with van der Waals surface area (Å²) >= 11 is 0. The number of hydrogen-bond acceptors (Lipinski definition) is 4. The zero-order valence-electron chi connectivity index (χ0n) is 7.94. The highest BCUT2D eigenvalue weighted by Crippen LogP contribution is 2.10. The molecule has 1 aromatic rings. The van der Waals surface area contributed by atoms with Crippen LogP contribution in [0.4, 0.5) is 5.82 Å². The van der Waals surface area contributed by atoms with Crippen LogP contribution in [0.1, 0.15) is 5.56 Å². The maximum absolute atomic E-state index is 8.47. The molecule has 1 aromatic heterocycles. The van der Waals surface area contributed by atoms with Crippen molar-refractivity contribution >= 4 is 5.82 Å². The fourth-order valence-electron chi connectivity index (χ4n) is 0.980. The van der Waals surface area contributed by atoms with E-state index in [4.69, 9.17) is 10.5 Å². The number of anilines is 1. The molecule has 0 radical (unpaired) electrons. The second-order valence-electron chi connectivity index (χ2n) is 2.76. The topological polar surface area (TPSA) is 77.4 Å². The Bertz CT molecular complexity index is 425. The van der Waals surface area contributed by atoms with Gasteiger partial charge in [-0.3, -0.25) is 4.68 Å². The highest BCUT2D eigenvalue weighted by Gasteiger charge is 2.00. The Hall–Kier alpha value is -2.27.